The molecule has 4 atom stereocenters. The standard InChI is InChI=1S/C16H22N2O/c1-3-11-10-13(11)18-14(4-2)17-15(16(18)19)12-8-6-5-7-9-12/h5-9,11,13-15,17H,3-4,10H2,1-2H3. The van der Waals surface area contributed by atoms with Gasteiger partial charge in [0.05, 0.1) is 6.17 Å². The van der Waals surface area contributed by atoms with Crippen molar-refractivity contribution >= 4 is 5.91 Å². The molecule has 0 radical (unpaired) electrons. The summed E-state index contributed by atoms with van der Waals surface area (Å²) in [6, 6.07) is 10.4. The highest BCUT2D eigenvalue weighted by molar-refractivity contribution is 5.86. The normalized spacial score (nSPS) is 33.8. The SMILES string of the molecule is CCC1CC1N1C(=O)C(c2ccccc2)NC1CC. The Morgan fingerprint density at radius 2 is 1.95 bits per heavy atom. The quantitative estimate of drug-likeness (QED) is 0.900. The number of carbonyl (C=O) groups is 1. The number of rotatable bonds is 4. The van der Waals surface area contributed by atoms with E-state index in [-0.39, 0.29) is 18.1 Å². The topological polar surface area (TPSA) is 32.3 Å². The largest absolute Gasteiger partial charge is 0.322 e. The van der Waals surface area contributed by atoms with Gasteiger partial charge in [0.25, 0.3) is 0 Å². The lowest BCUT2D eigenvalue weighted by atomic mass is 10.1. The maximum atomic E-state index is 12.7. The summed E-state index contributed by atoms with van der Waals surface area (Å²) in [6.45, 7) is 4.36. The Hall–Kier alpha value is -1.35. The Morgan fingerprint density at radius 1 is 1.21 bits per heavy atom. The third kappa shape index (κ3) is 2.16. The highest BCUT2D eigenvalue weighted by Gasteiger charge is 2.50. The van der Waals surface area contributed by atoms with Gasteiger partial charge >= 0.3 is 0 Å². The molecular formula is C16H22N2O. The van der Waals surface area contributed by atoms with E-state index >= 15 is 0 Å². The molecule has 1 aliphatic heterocycles. The van der Waals surface area contributed by atoms with Gasteiger partial charge in [0.15, 0.2) is 0 Å². The van der Waals surface area contributed by atoms with Gasteiger partial charge in [0, 0.05) is 6.04 Å². The molecule has 4 unspecified atom stereocenters. The summed E-state index contributed by atoms with van der Waals surface area (Å²) in [6.07, 6.45) is 3.55. The molecule has 3 nitrogen and oxygen atoms in total. The summed E-state index contributed by atoms with van der Waals surface area (Å²) >= 11 is 0. The van der Waals surface area contributed by atoms with Gasteiger partial charge in [0.2, 0.25) is 5.91 Å². The Kier molecular flexibility index (Phi) is 3.31. The highest BCUT2D eigenvalue weighted by Crippen LogP contribution is 2.42. The number of amides is 1. The van der Waals surface area contributed by atoms with Crippen molar-refractivity contribution in [1.82, 2.24) is 10.2 Å². The van der Waals surface area contributed by atoms with Crippen molar-refractivity contribution in [3.05, 3.63) is 35.9 Å². The average Bonchev–Trinajstić information content (AvgIpc) is 3.15. The minimum Gasteiger partial charge on any atom is -0.322 e. The van der Waals surface area contributed by atoms with Gasteiger partial charge in [-0.1, -0.05) is 50.6 Å². The van der Waals surface area contributed by atoms with Crippen molar-refractivity contribution < 1.29 is 4.79 Å². The first kappa shape index (κ1) is 12.7. The average molecular weight is 258 g/mol. The zero-order chi connectivity index (χ0) is 13.4. The van der Waals surface area contributed by atoms with Gasteiger partial charge in [-0.3, -0.25) is 10.1 Å². The Morgan fingerprint density at radius 3 is 2.53 bits per heavy atom. The molecule has 2 aliphatic rings. The summed E-state index contributed by atoms with van der Waals surface area (Å²) in [5.41, 5.74) is 1.09. The van der Waals surface area contributed by atoms with Gasteiger partial charge in [-0.05, 0) is 24.3 Å². The van der Waals surface area contributed by atoms with Crippen LogP contribution in [0.2, 0.25) is 0 Å². The van der Waals surface area contributed by atoms with E-state index in [4.69, 9.17) is 0 Å². The third-order valence-electron chi connectivity index (χ3n) is 4.48. The molecule has 0 aromatic heterocycles. The Labute approximate surface area is 115 Å². The molecule has 3 heteroatoms. The number of nitrogens with one attached hydrogen (secondary N) is 1. The first-order valence-corrected chi connectivity index (χ1v) is 7.39. The van der Waals surface area contributed by atoms with E-state index in [2.05, 4.69) is 24.1 Å². The van der Waals surface area contributed by atoms with Gasteiger partial charge in [-0.15, -0.1) is 0 Å². The molecule has 102 valence electrons. The second-order valence-corrected chi connectivity index (χ2v) is 5.65. The predicted molar refractivity (Wildman–Crippen MR) is 75.4 cm³/mol. The molecule has 1 saturated heterocycles. The van der Waals surface area contributed by atoms with Crippen molar-refractivity contribution in [2.24, 2.45) is 5.92 Å². The summed E-state index contributed by atoms with van der Waals surface area (Å²) < 4.78 is 0. The van der Waals surface area contributed by atoms with E-state index in [1.165, 1.54) is 12.8 Å². The maximum Gasteiger partial charge on any atom is 0.245 e. The van der Waals surface area contributed by atoms with Crippen LogP contribution in [0, 0.1) is 5.92 Å². The Bertz CT molecular complexity index is 459. The van der Waals surface area contributed by atoms with Gasteiger partial charge < -0.3 is 4.90 Å². The molecule has 0 bridgehead atoms. The molecule has 1 aliphatic carbocycles. The maximum absolute atomic E-state index is 12.7. The summed E-state index contributed by atoms with van der Waals surface area (Å²) in [5, 5.41) is 3.50. The van der Waals surface area contributed by atoms with E-state index in [0.29, 0.717) is 12.0 Å². The summed E-state index contributed by atoms with van der Waals surface area (Å²) in [5.74, 6) is 0.980. The van der Waals surface area contributed by atoms with Crippen LogP contribution in [0.25, 0.3) is 0 Å². The number of carbonyl (C=O) groups excluding carboxylic acids is 1. The minimum atomic E-state index is -0.149. The monoisotopic (exact) mass is 258 g/mol. The molecule has 1 heterocycles. The number of hydrogen-bond donors (Lipinski definition) is 1. The molecule has 1 N–H and O–H groups in total. The molecule has 1 saturated carbocycles. The second kappa shape index (κ2) is 4.97. The van der Waals surface area contributed by atoms with Crippen molar-refractivity contribution in [1.29, 1.82) is 0 Å². The van der Waals surface area contributed by atoms with E-state index in [1.807, 2.05) is 30.3 Å². The van der Waals surface area contributed by atoms with Crippen molar-refractivity contribution in [2.45, 2.75) is 51.4 Å². The fourth-order valence-corrected chi connectivity index (χ4v) is 3.25. The van der Waals surface area contributed by atoms with Crippen molar-refractivity contribution in [3.63, 3.8) is 0 Å². The van der Waals surface area contributed by atoms with Crippen molar-refractivity contribution in [3.8, 4) is 0 Å². The molecule has 0 spiro atoms. The number of nitrogens with zero attached hydrogens (tertiary/aromatic N) is 1. The fraction of sp³-hybridized carbons (Fsp3) is 0.562. The van der Waals surface area contributed by atoms with E-state index in [0.717, 1.165) is 12.0 Å². The third-order valence-corrected chi connectivity index (χ3v) is 4.48. The first-order chi connectivity index (χ1) is 9.26. The van der Waals surface area contributed by atoms with E-state index in [9.17, 15) is 4.79 Å². The zero-order valence-electron chi connectivity index (χ0n) is 11.7. The van der Waals surface area contributed by atoms with Crippen LogP contribution in [0.5, 0.6) is 0 Å². The molecular weight excluding hydrogens is 236 g/mol. The molecule has 3 rings (SSSR count). The van der Waals surface area contributed by atoms with Crippen LogP contribution in [0.15, 0.2) is 30.3 Å². The molecule has 1 aromatic rings. The molecule has 2 fully saturated rings. The highest BCUT2D eigenvalue weighted by atomic mass is 16.2. The predicted octanol–water partition coefficient (Wildman–Crippen LogP) is 2.69. The summed E-state index contributed by atoms with van der Waals surface area (Å²) in [4.78, 5) is 14.8. The van der Waals surface area contributed by atoms with Crippen LogP contribution < -0.4 is 5.32 Å². The lowest BCUT2D eigenvalue weighted by Crippen LogP contribution is -2.39. The van der Waals surface area contributed by atoms with Crippen LogP contribution in [-0.2, 0) is 4.79 Å². The van der Waals surface area contributed by atoms with Crippen molar-refractivity contribution in [2.75, 3.05) is 0 Å². The van der Waals surface area contributed by atoms with Crippen LogP contribution in [0.1, 0.15) is 44.7 Å². The first-order valence-electron chi connectivity index (χ1n) is 7.39. The lowest BCUT2D eigenvalue weighted by Gasteiger charge is -2.23. The Balaban J connectivity index is 1.81. The van der Waals surface area contributed by atoms with Gasteiger partial charge in [-0.25, -0.2) is 0 Å². The number of hydrogen-bond acceptors (Lipinski definition) is 2. The number of benzene rings is 1. The molecule has 1 amide bonds. The van der Waals surface area contributed by atoms with E-state index < -0.39 is 0 Å². The fourth-order valence-electron chi connectivity index (χ4n) is 3.25. The zero-order valence-corrected chi connectivity index (χ0v) is 11.7. The van der Waals surface area contributed by atoms with Crippen LogP contribution in [0.4, 0.5) is 0 Å². The van der Waals surface area contributed by atoms with Crippen LogP contribution in [0.3, 0.4) is 0 Å². The van der Waals surface area contributed by atoms with Crippen LogP contribution in [-0.4, -0.2) is 23.0 Å². The van der Waals surface area contributed by atoms with Crippen LogP contribution >= 0.6 is 0 Å². The second-order valence-electron chi connectivity index (χ2n) is 5.65. The molecule has 19 heavy (non-hydrogen) atoms. The smallest absolute Gasteiger partial charge is 0.245 e. The van der Waals surface area contributed by atoms with E-state index in [1.54, 1.807) is 0 Å². The van der Waals surface area contributed by atoms with Gasteiger partial charge in [0.1, 0.15) is 6.04 Å². The minimum absolute atomic E-state index is 0.149. The van der Waals surface area contributed by atoms with Gasteiger partial charge in [-0.2, -0.15) is 0 Å². The summed E-state index contributed by atoms with van der Waals surface area (Å²) in [7, 11) is 0. The lowest BCUT2D eigenvalue weighted by molar-refractivity contribution is -0.130. The molecule has 1 aromatic carbocycles.